The van der Waals surface area contributed by atoms with Gasteiger partial charge in [0.1, 0.15) is 11.4 Å². The Hall–Kier alpha value is -2.63. The van der Waals surface area contributed by atoms with Gasteiger partial charge in [0.05, 0.1) is 0 Å². The summed E-state index contributed by atoms with van der Waals surface area (Å²) in [7, 11) is 2.01. The SMILES string of the molecule is Cc1ncc(C(=O)NCCCN(C)c2ccccc2)c(=O)[nH]1. The Morgan fingerprint density at radius 2 is 2.05 bits per heavy atom. The molecule has 1 amide bonds. The predicted octanol–water partition coefficient (Wildman–Crippen LogP) is 1.33. The molecule has 0 atom stereocenters. The summed E-state index contributed by atoms with van der Waals surface area (Å²) in [5, 5.41) is 2.74. The van der Waals surface area contributed by atoms with Crippen molar-refractivity contribution < 1.29 is 4.79 Å². The minimum atomic E-state index is -0.411. The van der Waals surface area contributed by atoms with Gasteiger partial charge in [-0.2, -0.15) is 0 Å². The number of rotatable bonds is 6. The summed E-state index contributed by atoms with van der Waals surface area (Å²) in [6.45, 7) is 2.98. The van der Waals surface area contributed by atoms with Gasteiger partial charge in [-0.15, -0.1) is 0 Å². The summed E-state index contributed by atoms with van der Waals surface area (Å²) in [5.74, 6) is 0.0992. The van der Waals surface area contributed by atoms with Crippen LogP contribution in [0.3, 0.4) is 0 Å². The number of anilines is 1. The van der Waals surface area contributed by atoms with Gasteiger partial charge in [-0.1, -0.05) is 18.2 Å². The predicted molar refractivity (Wildman–Crippen MR) is 86.3 cm³/mol. The number of carbonyl (C=O) groups is 1. The lowest BCUT2D eigenvalue weighted by Crippen LogP contribution is -2.32. The van der Waals surface area contributed by atoms with Crippen molar-refractivity contribution in [3.8, 4) is 0 Å². The molecule has 0 saturated heterocycles. The normalized spacial score (nSPS) is 10.3. The Kier molecular flexibility index (Phi) is 5.30. The number of aromatic nitrogens is 2. The molecule has 0 fully saturated rings. The number of nitrogens with one attached hydrogen (secondary N) is 2. The average Bonchev–Trinajstić information content (AvgIpc) is 2.52. The Labute approximate surface area is 129 Å². The Balaban J connectivity index is 1.79. The van der Waals surface area contributed by atoms with Crippen molar-refractivity contribution in [2.45, 2.75) is 13.3 Å². The first-order valence-corrected chi connectivity index (χ1v) is 7.18. The number of nitrogens with zero attached hydrogens (tertiary/aromatic N) is 2. The van der Waals surface area contributed by atoms with E-state index in [2.05, 4.69) is 20.2 Å². The maximum absolute atomic E-state index is 11.9. The van der Waals surface area contributed by atoms with Crippen molar-refractivity contribution in [1.29, 1.82) is 0 Å². The second-order valence-corrected chi connectivity index (χ2v) is 5.08. The van der Waals surface area contributed by atoms with E-state index in [1.807, 2.05) is 37.4 Å². The van der Waals surface area contributed by atoms with Gasteiger partial charge in [0.15, 0.2) is 0 Å². The van der Waals surface area contributed by atoms with E-state index >= 15 is 0 Å². The smallest absolute Gasteiger partial charge is 0.263 e. The van der Waals surface area contributed by atoms with Crippen LogP contribution in [0.15, 0.2) is 41.3 Å². The lowest BCUT2D eigenvalue weighted by Gasteiger charge is -2.19. The summed E-state index contributed by atoms with van der Waals surface area (Å²) in [4.78, 5) is 32.1. The molecule has 0 saturated carbocycles. The van der Waals surface area contributed by atoms with Gasteiger partial charge in [0.2, 0.25) is 0 Å². The summed E-state index contributed by atoms with van der Waals surface area (Å²) in [6, 6.07) is 10.0. The van der Waals surface area contributed by atoms with Crippen molar-refractivity contribution in [2.24, 2.45) is 0 Å². The second-order valence-electron chi connectivity index (χ2n) is 5.08. The molecule has 2 rings (SSSR count). The molecular formula is C16H20N4O2. The number of aromatic amines is 1. The van der Waals surface area contributed by atoms with Crippen molar-refractivity contribution in [3.63, 3.8) is 0 Å². The third kappa shape index (κ3) is 4.18. The number of hydrogen-bond acceptors (Lipinski definition) is 4. The van der Waals surface area contributed by atoms with Gasteiger partial charge in [0.25, 0.3) is 11.5 Å². The lowest BCUT2D eigenvalue weighted by molar-refractivity contribution is 0.0951. The van der Waals surface area contributed by atoms with E-state index < -0.39 is 11.5 Å². The molecule has 0 spiro atoms. The Morgan fingerprint density at radius 3 is 2.73 bits per heavy atom. The highest BCUT2D eigenvalue weighted by Crippen LogP contribution is 2.10. The van der Waals surface area contributed by atoms with Crippen molar-refractivity contribution >= 4 is 11.6 Å². The topological polar surface area (TPSA) is 78.1 Å². The van der Waals surface area contributed by atoms with Gasteiger partial charge < -0.3 is 15.2 Å². The van der Waals surface area contributed by atoms with Crippen LogP contribution < -0.4 is 15.8 Å². The standard InChI is InChI=1S/C16H20N4O2/c1-12-18-11-14(16(22)19-12)15(21)17-9-6-10-20(2)13-7-4-3-5-8-13/h3-5,7-8,11H,6,9-10H2,1-2H3,(H,17,21)(H,18,19,22). The van der Waals surface area contributed by atoms with Crippen LogP contribution in [0.25, 0.3) is 0 Å². The van der Waals surface area contributed by atoms with E-state index in [0.717, 1.165) is 18.7 Å². The number of benzene rings is 1. The van der Waals surface area contributed by atoms with E-state index in [9.17, 15) is 9.59 Å². The molecular weight excluding hydrogens is 280 g/mol. The third-order valence-corrected chi connectivity index (χ3v) is 3.32. The fourth-order valence-electron chi connectivity index (χ4n) is 2.07. The first-order valence-electron chi connectivity index (χ1n) is 7.18. The number of carbonyl (C=O) groups excluding carboxylic acids is 1. The molecule has 1 heterocycles. The van der Waals surface area contributed by atoms with E-state index in [0.29, 0.717) is 12.4 Å². The third-order valence-electron chi connectivity index (χ3n) is 3.32. The molecule has 6 heteroatoms. The van der Waals surface area contributed by atoms with E-state index in [-0.39, 0.29) is 5.56 Å². The first-order chi connectivity index (χ1) is 10.6. The van der Waals surface area contributed by atoms with Crippen LogP contribution in [0.5, 0.6) is 0 Å². The summed E-state index contributed by atoms with van der Waals surface area (Å²) in [6.07, 6.45) is 2.09. The quantitative estimate of drug-likeness (QED) is 0.789. The van der Waals surface area contributed by atoms with Crippen molar-refractivity contribution in [2.75, 3.05) is 25.0 Å². The van der Waals surface area contributed by atoms with Crippen LogP contribution in [0, 0.1) is 6.92 Å². The van der Waals surface area contributed by atoms with Gasteiger partial charge in [-0.3, -0.25) is 9.59 Å². The largest absolute Gasteiger partial charge is 0.375 e. The molecule has 0 aliphatic heterocycles. The number of para-hydroxylation sites is 1. The summed E-state index contributed by atoms with van der Waals surface area (Å²) < 4.78 is 0. The molecule has 0 radical (unpaired) electrons. The second kappa shape index (κ2) is 7.40. The zero-order valence-electron chi connectivity index (χ0n) is 12.8. The molecule has 6 nitrogen and oxygen atoms in total. The van der Waals surface area contributed by atoms with Crippen LogP contribution in [-0.2, 0) is 0 Å². The summed E-state index contributed by atoms with van der Waals surface area (Å²) >= 11 is 0. The molecule has 22 heavy (non-hydrogen) atoms. The molecule has 2 N–H and O–H groups in total. The highest BCUT2D eigenvalue weighted by Gasteiger charge is 2.10. The molecule has 1 aromatic heterocycles. The van der Waals surface area contributed by atoms with Gasteiger partial charge in [-0.05, 0) is 25.5 Å². The van der Waals surface area contributed by atoms with Crippen LogP contribution in [-0.4, -0.2) is 36.0 Å². The van der Waals surface area contributed by atoms with E-state index in [1.165, 1.54) is 6.20 Å². The number of hydrogen-bond donors (Lipinski definition) is 2. The summed E-state index contributed by atoms with van der Waals surface area (Å²) in [5.41, 5.74) is 0.765. The number of aryl methyl sites for hydroxylation is 1. The zero-order valence-corrected chi connectivity index (χ0v) is 12.8. The molecule has 116 valence electrons. The zero-order chi connectivity index (χ0) is 15.9. The number of H-pyrrole nitrogens is 1. The Morgan fingerprint density at radius 1 is 1.32 bits per heavy atom. The van der Waals surface area contributed by atoms with Crippen LogP contribution in [0.2, 0.25) is 0 Å². The fourth-order valence-corrected chi connectivity index (χ4v) is 2.07. The first kappa shape index (κ1) is 15.8. The Bertz CT molecular complexity index is 682. The molecule has 1 aromatic carbocycles. The van der Waals surface area contributed by atoms with Crippen molar-refractivity contribution in [1.82, 2.24) is 15.3 Å². The van der Waals surface area contributed by atoms with Gasteiger partial charge >= 0.3 is 0 Å². The monoisotopic (exact) mass is 300 g/mol. The lowest BCUT2D eigenvalue weighted by atomic mass is 10.2. The van der Waals surface area contributed by atoms with E-state index in [1.54, 1.807) is 6.92 Å². The number of amides is 1. The molecule has 0 aliphatic carbocycles. The minimum absolute atomic E-state index is 0.0435. The maximum Gasteiger partial charge on any atom is 0.263 e. The molecule has 2 aromatic rings. The highest BCUT2D eigenvalue weighted by molar-refractivity contribution is 5.93. The average molecular weight is 300 g/mol. The van der Waals surface area contributed by atoms with Crippen molar-refractivity contribution in [3.05, 3.63) is 58.3 Å². The van der Waals surface area contributed by atoms with Crippen LogP contribution in [0.1, 0.15) is 22.6 Å². The highest BCUT2D eigenvalue weighted by atomic mass is 16.2. The minimum Gasteiger partial charge on any atom is -0.375 e. The van der Waals surface area contributed by atoms with Crippen LogP contribution >= 0.6 is 0 Å². The maximum atomic E-state index is 11.9. The fraction of sp³-hybridized carbons (Fsp3) is 0.312. The molecule has 0 aliphatic rings. The van der Waals surface area contributed by atoms with Gasteiger partial charge in [0, 0.05) is 32.0 Å². The van der Waals surface area contributed by atoms with Gasteiger partial charge in [-0.25, -0.2) is 4.98 Å². The van der Waals surface area contributed by atoms with E-state index in [4.69, 9.17) is 0 Å². The molecule has 0 unspecified atom stereocenters. The molecule has 0 bridgehead atoms. The van der Waals surface area contributed by atoms with Crippen LogP contribution in [0.4, 0.5) is 5.69 Å².